The summed E-state index contributed by atoms with van der Waals surface area (Å²) in [6.45, 7) is 3.87. The van der Waals surface area contributed by atoms with Crippen LogP contribution in [0.5, 0.6) is 0 Å². The first-order valence-corrected chi connectivity index (χ1v) is 8.47. The Hall–Kier alpha value is -1.36. The van der Waals surface area contributed by atoms with Gasteiger partial charge in [-0.25, -0.2) is 4.79 Å². The fraction of sp³-hybridized carbons (Fsp3) is 0.625. The number of thiophene rings is 1. The number of ether oxygens (including phenoxy) is 1. The summed E-state index contributed by atoms with van der Waals surface area (Å²) in [6.07, 6.45) is 4.60. The molecule has 0 spiro atoms. The molecule has 0 saturated heterocycles. The third kappa shape index (κ3) is 3.46. The van der Waals surface area contributed by atoms with E-state index >= 15 is 0 Å². The zero-order valence-corrected chi connectivity index (χ0v) is 13.3. The third-order valence-corrected chi connectivity index (χ3v) is 5.32. The first kappa shape index (κ1) is 14.6. The van der Waals surface area contributed by atoms with Crippen LogP contribution in [0.1, 0.15) is 53.2 Å². The average molecular weight is 307 g/mol. The minimum atomic E-state index is -0.726. The molecular weight excluding hydrogens is 286 g/mol. The molecule has 114 valence electrons. The van der Waals surface area contributed by atoms with Crippen molar-refractivity contribution in [2.45, 2.75) is 58.1 Å². The third-order valence-electron chi connectivity index (χ3n) is 4.11. The van der Waals surface area contributed by atoms with Crippen LogP contribution in [0.2, 0.25) is 0 Å². The van der Waals surface area contributed by atoms with Crippen LogP contribution < -0.4 is 5.32 Å². The highest BCUT2D eigenvalue weighted by atomic mass is 32.1. The van der Waals surface area contributed by atoms with E-state index in [4.69, 9.17) is 4.74 Å². The molecule has 0 unspecified atom stereocenters. The molecule has 0 bridgehead atoms. The number of carbonyl (C=O) groups excluding carboxylic acids is 2. The van der Waals surface area contributed by atoms with E-state index in [1.165, 1.54) is 28.2 Å². The first-order valence-electron chi connectivity index (χ1n) is 7.66. The summed E-state index contributed by atoms with van der Waals surface area (Å²) in [5, 5.41) is 2.85. The lowest BCUT2D eigenvalue weighted by atomic mass is 9.90. The highest BCUT2D eigenvalue weighted by Gasteiger charge is 2.28. The smallest absolute Gasteiger partial charge is 0.349 e. The molecule has 21 heavy (non-hydrogen) atoms. The van der Waals surface area contributed by atoms with Crippen LogP contribution in [0.4, 0.5) is 0 Å². The lowest BCUT2D eigenvalue weighted by molar-refractivity contribution is -0.129. The number of rotatable bonds is 4. The maximum atomic E-state index is 12.2. The summed E-state index contributed by atoms with van der Waals surface area (Å²) in [7, 11) is 0. The molecule has 1 aromatic rings. The maximum absolute atomic E-state index is 12.2. The lowest BCUT2D eigenvalue weighted by Crippen LogP contribution is -2.36. The Morgan fingerprint density at radius 1 is 1.38 bits per heavy atom. The molecule has 1 amide bonds. The van der Waals surface area contributed by atoms with Crippen LogP contribution >= 0.6 is 11.3 Å². The molecule has 2 aliphatic carbocycles. The summed E-state index contributed by atoms with van der Waals surface area (Å²) in [5.41, 5.74) is 1.28. The first-order chi connectivity index (χ1) is 10.0. The van der Waals surface area contributed by atoms with Crippen molar-refractivity contribution in [3.05, 3.63) is 21.4 Å². The monoisotopic (exact) mass is 307 g/mol. The average Bonchev–Trinajstić information content (AvgIpc) is 3.14. The minimum Gasteiger partial charge on any atom is -0.448 e. The van der Waals surface area contributed by atoms with E-state index in [1.54, 1.807) is 6.92 Å². The second kappa shape index (κ2) is 5.79. The zero-order chi connectivity index (χ0) is 15.0. The van der Waals surface area contributed by atoms with Crippen molar-refractivity contribution in [3.63, 3.8) is 0 Å². The number of carbonyl (C=O) groups is 2. The fourth-order valence-corrected chi connectivity index (χ4v) is 3.72. The highest BCUT2D eigenvalue weighted by Crippen LogP contribution is 2.32. The van der Waals surface area contributed by atoms with Gasteiger partial charge in [-0.3, -0.25) is 4.79 Å². The van der Waals surface area contributed by atoms with E-state index in [2.05, 4.69) is 12.2 Å². The molecule has 0 aromatic carbocycles. The van der Waals surface area contributed by atoms with Crippen molar-refractivity contribution in [3.8, 4) is 0 Å². The van der Waals surface area contributed by atoms with Gasteiger partial charge in [0.1, 0.15) is 4.88 Å². The highest BCUT2D eigenvalue weighted by molar-refractivity contribution is 7.14. The van der Waals surface area contributed by atoms with Gasteiger partial charge in [-0.05, 0) is 56.6 Å². The van der Waals surface area contributed by atoms with Gasteiger partial charge in [0, 0.05) is 10.9 Å². The van der Waals surface area contributed by atoms with Gasteiger partial charge in [0.15, 0.2) is 6.10 Å². The number of aryl methyl sites for hydroxylation is 1. The van der Waals surface area contributed by atoms with Gasteiger partial charge in [-0.15, -0.1) is 11.3 Å². The molecule has 1 aromatic heterocycles. The molecule has 0 aliphatic heterocycles. The Morgan fingerprint density at radius 2 is 2.14 bits per heavy atom. The second-order valence-electron chi connectivity index (χ2n) is 6.24. The molecule has 2 atom stereocenters. The van der Waals surface area contributed by atoms with E-state index in [0.29, 0.717) is 10.8 Å². The summed E-state index contributed by atoms with van der Waals surface area (Å²) < 4.78 is 5.29. The van der Waals surface area contributed by atoms with Crippen molar-refractivity contribution in [2.24, 2.45) is 5.92 Å². The summed E-state index contributed by atoms with van der Waals surface area (Å²) in [4.78, 5) is 25.9. The predicted octanol–water partition coefficient (Wildman–Crippen LogP) is 2.70. The summed E-state index contributed by atoms with van der Waals surface area (Å²) in [6, 6.07) is 2.23. The minimum absolute atomic E-state index is 0.194. The Balaban J connectivity index is 1.61. The van der Waals surface area contributed by atoms with Crippen LogP contribution in [0, 0.1) is 5.92 Å². The standard InChI is InChI=1S/C16H21NO3S/c1-9-3-6-13-11(7-9)8-14(21-13)16(19)20-10(2)15(18)17-12-4-5-12/h8-10,12H,3-7H2,1-2H3,(H,17,18)/t9-,10+/m0/s1. The number of amides is 1. The van der Waals surface area contributed by atoms with Crippen molar-refractivity contribution in [1.82, 2.24) is 5.32 Å². The molecule has 1 saturated carbocycles. The summed E-state index contributed by atoms with van der Waals surface area (Å²) >= 11 is 1.52. The van der Waals surface area contributed by atoms with Crippen molar-refractivity contribution >= 4 is 23.2 Å². The molecule has 1 heterocycles. The maximum Gasteiger partial charge on any atom is 0.349 e. The van der Waals surface area contributed by atoms with Crippen molar-refractivity contribution in [2.75, 3.05) is 0 Å². The number of fused-ring (bicyclic) bond motifs is 1. The summed E-state index contributed by atoms with van der Waals surface area (Å²) in [5.74, 6) is 0.112. The second-order valence-corrected chi connectivity index (χ2v) is 7.37. The zero-order valence-electron chi connectivity index (χ0n) is 12.5. The molecule has 3 rings (SSSR count). The van der Waals surface area contributed by atoms with Gasteiger partial charge in [-0.1, -0.05) is 6.92 Å². The number of esters is 1. The normalized spacial score (nSPS) is 22.3. The van der Waals surface area contributed by atoms with Crippen LogP contribution in [0.3, 0.4) is 0 Å². The molecular formula is C16H21NO3S. The van der Waals surface area contributed by atoms with Crippen LogP contribution in [-0.4, -0.2) is 24.0 Å². The molecule has 1 N–H and O–H groups in total. The van der Waals surface area contributed by atoms with E-state index in [0.717, 1.165) is 25.7 Å². The Kier molecular flexibility index (Phi) is 4.02. The molecule has 0 radical (unpaired) electrons. The van der Waals surface area contributed by atoms with E-state index in [1.807, 2.05) is 6.07 Å². The molecule has 5 heteroatoms. The van der Waals surface area contributed by atoms with Crippen LogP contribution in [0.15, 0.2) is 6.07 Å². The van der Waals surface area contributed by atoms with Crippen LogP contribution in [0.25, 0.3) is 0 Å². The topological polar surface area (TPSA) is 55.4 Å². The number of nitrogens with one attached hydrogen (secondary N) is 1. The van der Waals surface area contributed by atoms with Gasteiger partial charge in [-0.2, -0.15) is 0 Å². The quantitative estimate of drug-likeness (QED) is 0.870. The van der Waals surface area contributed by atoms with E-state index < -0.39 is 6.10 Å². The number of hydrogen-bond donors (Lipinski definition) is 1. The lowest BCUT2D eigenvalue weighted by Gasteiger charge is -2.16. The van der Waals surface area contributed by atoms with Gasteiger partial charge < -0.3 is 10.1 Å². The number of hydrogen-bond acceptors (Lipinski definition) is 4. The molecule has 4 nitrogen and oxygen atoms in total. The molecule has 1 fully saturated rings. The Morgan fingerprint density at radius 3 is 2.86 bits per heavy atom. The van der Waals surface area contributed by atoms with E-state index in [9.17, 15) is 9.59 Å². The van der Waals surface area contributed by atoms with Gasteiger partial charge in [0.05, 0.1) is 0 Å². The van der Waals surface area contributed by atoms with Gasteiger partial charge in [0.2, 0.25) is 0 Å². The van der Waals surface area contributed by atoms with E-state index in [-0.39, 0.29) is 17.9 Å². The fourth-order valence-electron chi connectivity index (χ4n) is 2.62. The van der Waals surface area contributed by atoms with Crippen LogP contribution in [-0.2, 0) is 22.4 Å². The van der Waals surface area contributed by atoms with Crippen molar-refractivity contribution < 1.29 is 14.3 Å². The molecule has 2 aliphatic rings. The van der Waals surface area contributed by atoms with Crippen molar-refractivity contribution in [1.29, 1.82) is 0 Å². The largest absolute Gasteiger partial charge is 0.448 e. The SMILES string of the molecule is C[C@H]1CCc2sc(C(=O)O[C@H](C)C(=O)NC3CC3)cc2C1. The Labute approximate surface area is 128 Å². The van der Waals surface area contributed by atoms with Gasteiger partial charge in [0.25, 0.3) is 5.91 Å². The Bertz CT molecular complexity index is 562. The predicted molar refractivity (Wildman–Crippen MR) is 81.6 cm³/mol. The van der Waals surface area contributed by atoms with Gasteiger partial charge >= 0.3 is 5.97 Å².